The number of oxime groups is 1. The minimum Gasteiger partial charge on any atom is -0.479 e. The van der Waals surface area contributed by atoms with E-state index >= 15 is 0 Å². The average molecular weight is 444 g/mol. The van der Waals surface area contributed by atoms with E-state index in [-0.39, 0.29) is 27.8 Å². The summed E-state index contributed by atoms with van der Waals surface area (Å²) in [7, 11) is 0. The minimum atomic E-state index is -1.24. The van der Waals surface area contributed by atoms with Gasteiger partial charge < -0.3 is 25.9 Å². The van der Waals surface area contributed by atoms with Crippen LogP contribution in [0.2, 0.25) is 0 Å². The van der Waals surface area contributed by atoms with Gasteiger partial charge >= 0.3 is 5.97 Å². The molecule has 0 bridgehead atoms. The van der Waals surface area contributed by atoms with E-state index in [0.29, 0.717) is 0 Å². The third-order valence-electron chi connectivity index (χ3n) is 3.78. The molecule has 10 nitrogen and oxygen atoms in total. The lowest BCUT2D eigenvalue weighted by Crippen LogP contribution is -2.69. The molecule has 0 saturated carbocycles. The Bertz CT molecular complexity index is 855. The molecule has 0 aromatic carbocycles. The molecule has 1 aromatic heterocycles. The molecular formula is C15H17N5O5S3. The number of carboxylic acid groups (broad SMARTS) is 1. The summed E-state index contributed by atoms with van der Waals surface area (Å²) in [6.07, 6.45) is 3.84. The van der Waals surface area contributed by atoms with E-state index in [2.05, 4.69) is 20.3 Å². The van der Waals surface area contributed by atoms with Crippen molar-refractivity contribution in [3.05, 3.63) is 22.8 Å². The third-order valence-corrected chi connectivity index (χ3v) is 6.49. The predicted molar refractivity (Wildman–Crippen MR) is 108 cm³/mol. The highest BCUT2D eigenvalue weighted by atomic mass is 32.2. The highest BCUT2D eigenvalue weighted by Crippen LogP contribution is 2.36. The van der Waals surface area contributed by atoms with Crippen molar-refractivity contribution in [1.29, 1.82) is 0 Å². The predicted octanol–water partition coefficient (Wildman–Crippen LogP) is 0.177. The normalized spacial score (nSPS) is 21.5. The number of nitrogen functional groups attached to an aromatic ring is 1. The van der Waals surface area contributed by atoms with Gasteiger partial charge in [-0.3, -0.25) is 9.59 Å². The van der Waals surface area contributed by atoms with E-state index in [9.17, 15) is 14.4 Å². The summed E-state index contributed by atoms with van der Waals surface area (Å²) in [6.45, 7) is -0.714. The maximum Gasteiger partial charge on any atom is 0.344 e. The van der Waals surface area contributed by atoms with Crippen LogP contribution in [-0.2, 0) is 19.2 Å². The molecule has 3 heterocycles. The average Bonchev–Trinajstić information content (AvgIpc) is 3.09. The molecule has 3 rings (SSSR count). The number of nitrogens with one attached hydrogen (secondary N) is 1. The summed E-state index contributed by atoms with van der Waals surface area (Å²) in [4.78, 5) is 46.0. The first-order valence-corrected chi connectivity index (χ1v) is 11.3. The number of aromatic nitrogens is 1. The number of anilines is 1. The van der Waals surface area contributed by atoms with Crippen LogP contribution in [0.3, 0.4) is 0 Å². The van der Waals surface area contributed by atoms with Gasteiger partial charge in [-0.1, -0.05) is 5.16 Å². The van der Waals surface area contributed by atoms with Gasteiger partial charge in [0.1, 0.15) is 17.1 Å². The number of nitrogens with two attached hydrogens (primary N) is 1. The molecule has 13 heteroatoms. The van der Waals surface area contributed by atoms with Gasteiger partial charge in [-0.05, 0) is 11.8 Å². The van der Waals surface area contributed by atoms with Crippen molar-refractivity contribution in [2.45, 2.75) is 11.4 Å². The van der Waals surface area contributed by atoms with Gasteiger partial charge in [0.05, 0.1) is 0 Å². The Balaban J connectivity index is 1.71. The van der Waals surface area contributed by atoms with Crippen LogP contribution in [0.25, 0.3) is 0 Å². The lowest BCUT2D eigenvalue weighted by atomic mass is 10.1. The third kappa shape index (κ3) is 4.42. The Morgan fingerprint density at radius 2 is 2.36 bits per heavy atom. The second kappa shape index (κ2) is 8.84. The maximum atomic E-state index is 12.7. The summed E-state index contributed by atoms with van der Waals surface area (Å²) in [6, 6.07) is -0.703. The first kappa shape index (κ1) is 20.5. The zero-order chi connectivity index (χ0) is 20.3. The van der Waals surface area contributed by atoms with E-state index in [0.717, 1.165) is 28.4 Å². The van der Waals surface area contributed by atoms with Crippen molar-refractivity contribution in [1.82, 2.24) is 15.2 Å². The molecule has 0 spiro atoms. The van der Waals surface area contributed by atoms with Crippen LogP contribution in [-0.4, -0.2) is 74.3 Å². The van der Waals surface area contributed by atoms with Crippen molar-refractivity contribution < 1.29 is 24.3 Å². The molecule has 1 unspecified atom stereocenters. The van der Waals surface area contributed by atoms with Crippen molar-refractivity contribution >= 4 is 63.5 Å². The summed E-state index contributed by atoms with van der Waals surface area (Å²) >= 11 is 4.36. The maximum absolute atomic E-state index is 12.7. The minimum absolute atomic E-state index is 0.146. The van der Waals surface area contributed by atoms with Crippen molar-refractivity contribution in [2.24, 2.45) is 5.16 Å². The number of rotatable bonds is 8. The molecular weight excluding hydrogens is 426 g/mol. The number of amides is 2. The highest BCUT2D eigenvalue weighted by molar-refractivity contribution is 8.00. The van der Waals surface area contributed by atoms with Crippen molar-refractivity contribution in [3.63, 3.8) is 0 Å². The number of β-lactam (4-membered cyclic amide) rings is 1. The topological polar surface area (TPSA) is 147 Å². The highest BCUT2D eigenvalue weighted by Gasteiger charge is 2.49. The van der Waals surface area contributed by atoms with E-state index in [1.54, 1.807) is 28.4 Å². The Labute approximate surface area is 172 Å². The number of aliphatic carboxylic acids is 1. The van der Waals surface area contributed by atoms with E-state index in [4.69, 9.17) is 10.8 Å². The van der Waals surface area contributed by atoms with Gasteiger partial charge in [-0.2, -0.15) is 11.8 Å². The van der Waals surface area contributed by atoms with E-state index in [1.807, 2.05) is 12.5 Å². The van der Waals surface area contributed by atoms with Crippen LogP contribution in [0.4, 0.5) is 5.13 Å². The summed E-state index contributed by atoms with van der Waals surface area (Å²) in [5.74, 6) is -0.505. The zero-order valence-electron chi connectivity index (χ0n) is 14.7. The first-order chi connectivity index (χ1) is 13.4. The quantitative estimate of drug-likeness (QED) is 0.291. The number of nitrogens with zero attached hydrogens (tertiary/aromatic N) is 3. The Kier molecular flexibility index (Phi) is 6.46. The van der Waals surface area contributed by atoms with Gasteiger partial charge in [-0.15, -0.1) is 23.1 Å². The number of hydrogen-bond acceptors (Lipinski definition) is 10. The van der Waals surface area contributed by atoms with Crippen molar-refractivity contribution in [3.8, 4) is 0 Å². The lowest BCUT2D eigenvalue weighted by molar-refractivity contribution is -0.143. The van der Waals surface area contributed by atoms with Crippen LogP contribution in [0.1, 0.15) is 5.69 Å². The van der Waals surface area contributed by atoms with Gasteiger partial charge in [0.2, 0.25) is 6.61 Å². The number of carbonyl (C=O) groups excluding carboxylic acids is 2. The largest absolute Gasteiger partial charge is 0.479 e. The molecule has 2 amide bonds. The molecule has 1 aromatic rings. The van der Waals surface area contributed by atoms with Gasteiger partial charge in [0.25, 0.3) is 11.8 Å². The van der Waals surface area contributed by atoms with Crippen molar-refractivity contribution in [2.75, 3.05) is 30.1 Å². The second-order valence-corrected chi connectivity index (χ2v) is 8.66. The first-order valence-electron chi connectivity index (χ1n) is 7.97. The monoisotopic (exact) mass is 443 g/mol. The molecule has 2 aliphatic rings. The second-order valence-electron chi connectivity index (χ2n) is 5.80. The van der Waals surface area contributed by atoms with E-state index < -0.39 is 24.5 Å². The number of carbonyl (C=O) groups is 3. The van der Waals surface area contributed by atoms with Crippen LogP contribution in [0, 0.1) is 0 Å². The van der Waals surface area contributed by atoms with Crippen LogP contribution in [0.5, 0.6) is 0 Å². The summed E-state index contributed by atoms with van der Waals surface area (Å²) in [5, 5.41) is 16.4. The number of hydrogen-bond donors (Lipinski definition) is 3. The fourth-order valence-electron chi connectivity index (χ4n) is 2.59. The number of carboxylic acids is 1. The number of thiazole rings is 1. The zero-order valence-corrected chi connectivity index (χ0v) is 17.1. The Morgan fingerprint density at radius 3 is 3.00 bits per heavy atom. The molecule has 4 N–H and O–H groups in total. The molecule has 2 atom stereocenters. The van der Waals surface area contributed by atoms with Crippen LogP contribution in [0.15, 0.2) is 22.3 Å². The summed E-state index contributed by atoms with van der Waals surface area (Å²) in [5.41, 5.74) is 6.66. The molecule has 1 saturated heterocycles. The van der Waals surface area contributed by atoms with E-state index in [1.165, 1.54) is 5.38 Å². The fraction of sp³-hybridized carbons (Fsp3) is 0.400. The smallest absolute Gasteiger partial charge is 0.344 e. The SMILES string of the molecule is CSCC1=CN2C(=O)C(NC(=O)C(=NOCC(=O)O)c3csc(N)n3)[C@H]2SC1. The molecule has 0 aliphatic carbocycles. The molecule has 2 aliphatic heterocycles. The Hall–Kier alpha value is -2.25. The fourth-order valence-corrected chi connectivity index (χ4v) is 5.07. The lowest BCUT2D eigenvalue weighted by Gasteiger charge is -2.47. The Morgan fingerprint density at radius 1 is 1.57 bits per heavy atom. The molecule has 150 valence electrons. The number of thioether (sulfide) groups is 2. The molecule has 28 heavy (non-hydrogen) atoms. The van der Waals surface area contributed by atoms with Gasteiger partial charge in [0, 0.05) is 23.1 Å². The molecule has 0 radical (unpaired) electrons. The van der Waals surface area contributed by atoms with Gasteiger partial charge in [0.15, 0.2) is 10.8 Å². The molecule has 1 fully saturated rings. The van der Waals surface area contributed by atoms with Crippen LogP contribution >= 0.6 is 34.9 Å². The number of fused-ring (bicyclic) bond motifs is 1. The summed E-state index contributed by atoms with van der Waals surface area (Å²) < 4.78 is 0. The standard InChI is InChI=1S/C15H17N5O5S3/c1-26-4-7-2-20-13(24)11(14(20)27-5-7)18-12(23)10(19-25-3-9(21)22)8-6-28-15(16)17-8/h2,6,11,14H,3-5H2,1H3,(H2,16,17)(H,18,23)(H,21,22)/t11?,14-/m1/s1. The van der Waals surface area contributed by atoms with Crippen LogP contribution < -0.4 is 11.1 Å². The van der Waals surface area contributed by atoms with Gasteiger partial charge in [-0.25, -0.2) is 9.78 Å².